The summed E-state index contributed by atoms with van der Waals surface area (Å²) >= 11 is 0. The van der Waals surface area contributed by atoms with Crippen molar-refractivity contribution in [3.63, 3.8) is 0 Å². The van der Waals surface area contributed by atoms with Crippen molar-refractivity contribution in [1.82, 2.24) is 4.57 Å². The smallest absolute Gasteiger partial charge is 0.0219 e. The number of aromatic nitrogens is 1. The van der Waals surface area contributed by atoms with Gasteiger partial charge in [0.25, 0.3) is 0 Å². The van der Waals surface area contributed by atoms with Crippen LogP contribution < -0.4 is 0 Å². The molecule has 0 aromatic carbocycles. The Hall–Kier alpha value is -0.720. The highest BCUT2D eigenvalue weighted by Crippen LogP contribution is 2.05. The van der Waals surface area contributed by atoms with Gasteiger partial charge < -0.3 is 4.57 Å². The Labute approximate surface area is 69.0 Å². The fraction of sp³-hybridized carbons (Fsp3) is 0.600. The molecule has 0 saturated heterocycles. The Balaban J connectivity index is 2.62. The molecule has 0 atom stereocenters. The van der Waals surface area contributed by atoms with E-state index in [0.717, 1.165) is 0 Å². The van der Waals surface area contributed by atoms with E-state index in [1.165, 1.54) is 31.5 Å². The first-order chi connectivity index (χ1) is 5.38. The molecular weight excluding hydrogens is 134 g/mol. The van der Waals surface area contributed by atoms with Crippen LogP contribution in [0.25, 0.3) is 0 Å². The summed E-state index contributed by atoms with van der Waals surface area (Å²) in [5.74, 6) is 0. The first-order valence-corrected chi connectivity index (χ1v) is 4.52. The van der Waals surface area contributed by atoms with Crippen LogP contribution in [0.2, 0.25) is 0 Å². The van der Waals surface area contributed by atoms with Crippen LogP contribution in [0.3, 0.4) is 0 Å². The molecule has 0 unspecified atom stereocenters. The number of rotatable bonds is 4. The molecule has 1 aromatic rings. The second kappa shape index (κ2) is 4.22. The maximum atomic E-state index is 2.35. The molecule has 0 spiro atoms. The van der Waals surface area contributed by atoms with Gasteiger partial charge in [-0.25, -0.2) is 0 Å². The fourth-order valence-corrected chi connectivity index (χ4v) is 1.39. The molecule has 0 aliphatic heterocycles. The molecule has 62 valence electrons. The van der Waals surface area contributed by atoms with Crippen LogP contribution >= 0.6 is 0 Å². The largest absolute Gasteiger partial charge is 0.351 e. The first-order valence-electron chi connectivity index (χ1n) is 4.52. The third-order valence-electron chi connectivity index (χ3n) is 1.89. The van der Waals surface area contributed by atoms with E-state index >= 15 is 0 Å². The maximum absolute atomic E-state index is 2.35. The number of hydrogen-bond donors (Lipinski definition) is 0. The molecule has 1 aromatic heterocycles. The van der Waals surface area contributed by atoms with Crippen LogP contribution in [0, 0.1) is 0 Å². The molecule has 0 bridgehead atoms. The Morgan fingerprint density at radius 3 is 2.73 bits per heavy atom. The van der Waals surface area contributed by atoms with Gasteiger partial charge in [-0.05, 0) is 25.0 Å². The molecule has 0 amide bonds. The van der Waals surface area contributed by atoms with Gasteiger partial charge in [0, 0.05) is 18.4 Å². The van der Waals surface area contributed by atoms with Crippen LogP contribution in [-0.4, -0.2) is 4.57 Å². The number of hydrogen-bond acceptors (Lipinski definition) is 0. The predicted octanol–water partition coefficient (Wildman–Crippen LogP) is 2.85. The summed E-state index contributed by atoms with van der Waals surface area (Å²) in [5, 5.41) is 0. The molecule has 0 aliphatic rings. The van der Waals surface area contributed by atoms with Crippen molar-refractivity contribution < 1.29 is 0 Å². The van der Waals surface area contributed by atoms with E-state index in [4.69, 9.17) is 0 Å². The van der Waals surface area contributed by atoms with Gasteiger partial charge in [-0.1, -0.05) is 20.3 Å². The summed E-state index contributed by atoms with van der Waals surface area (Å²) in [6.45, 7) is 5.61. The summed E-state index contributed by atoms with van der Waals surface area (Å²) in [4.78, 5) is 0. The predicted molar refractivity (Wildman–Crippen MR) is 48.7 cm³/mol. The van der Waals surface area contributed by atoms with E-state index in [1.807, 2.05) is 0 Å². The lowest BCUT2D eigenvalue weighted by atomic mass is 10.2. The van der Waals surface area contributed by atoms with E-state index < -0.39 is 0 Å². The zero-order valence-corrected chi connectivity index (χ0v) is 7.51. The lowest BCUT2D eigenvalue weighted by Gasteiger charge is -2.05. The molecule has 1 heteroatoms. The molecule has 0 fully saturated rings. The topological polar surface area (TPSA) is 4.93 Å². The standard InChI is InChI=1S/C10H17N/c1-3-6-10-7-5-9-11(10)8-4-2/h5,7,9H,3-4,6,8H2,1-2H3. The van der Waals surface area contributed by atoms with Gasteiger partial charge >= 0.3 is 0 Å². The lowest BCUT2D eigenvalue weighted by Crippen LogP contribution is -2.00. The van der Waals surface area contributed by atoms with Gasteiger partial charge in [0.2, 0.25) is 0 Å². The van der Waals surface area contributed by atoms with Crippen LogP contribution in [0.15, 0.2) is 18.3 Å². The molecule has 1 nitrogen and oxygen atoms in total. The zero-order valence-electron chi connectivity index (χ0n) is 7.51. The number of aryl methyl sites for hydroxylation is 2. The van der Waals surface area contributed by atoms with E-state index in [1.54, 1.807) is 0 Å². The number of nitrogens with zero attached hydrogens (tertiary/aromatic N) is 1. The molecule has 1 heterocycles. The molecule has 0 N–H and O–H groups in total. The molecule has 0 saturated carbocycles. The highest BCUT2D eigenvalue weighted by Gasteiger charge is 1.96. The molecular formula is C10H17N. The quantitative estimate of drug-likeness (QED) is 0.623. The van der Waals surface area contributed by atoms with Crippen molar-refractivity contribution in [3.8, 4) is 0 Å². The Bertz CT molecular complexity index is 180. The molecule has 0 aliphatic carbocycles. The Morgan fingerprint density at radius 1 is 1.27 bits per heavy atom. The average Bonchev–Trinajstić information content (AvgIpc) is 2.39. The first kappa shape index (κ1) is 8.38. The summed E-state index contributed by atoms with van der Waals surface area (Å²) in [6, 6.07) is 4.36. The summed E-state index contributed by atoms with van der Waals surface area (Å²) in [7, 11) is 0. The Kier molecular flexibility index (Phi) is 3.21. The summed E-state index contributed by atoms with van der Waals surface area (Å²) in [5.41, 5.74) is 1.48. The third-order valence-corrected chi connectivity index (χ3v) is 1.89. The van der Waals surface area contributed by atoms with Crippen molar-refractivity contribution in [2.45, 2.75) is 39.7 Å². The van der Waals surface area contributed by atoms with Crippen LogP contribution in [0.4, 0.5) is 0 Å². The van der Waals surface area contributed by atoms with Crippen LogP contribution in [0.1, 0.15) is 32.4 Å². The monoisotopic (exact) mass is 151 g/mol. The fourth-order valence-electron chi connectivity index (χ4n) is 1.39. The minimum absolute atomic E-state index is 1.17. The van der Waals surface area contributed by atoms with Crippen LogP contribution in [-0.2, 0) is 13.0 Å². The van der Waals surface area contributed by atoms with Gasteiger partial charge in [-0.2, -0.15) is 0 Å². The van der Waals surface area contributed by atoms with Crippen molar-refractivity contribution in [3.05, 3.63) is 24.0 Å². The van der Waals surface area contributed by atoms with Crippen molar-refractivity contribution in [2.75, 3.05) is 0 Å². The highest BCUT2D eigenvalue weighted by atomic mass is 15.0. The van der Waals surface area contributed by atoms with E-state index in [0.29, 0.717) is 0 Å². The molecule has 0 radical (unpaired) electrons. The van der Waals surface area contributed by atoms with Crippen molar-refractivity contribution >= 4 is 0 Å². The van der Waals surface area contributed by atoms with E-state index in [2.05, 4.69) is 36.7 Å². The van der Waals surface area contributed by atoms with Crippen molar-refractivity contribution in [2.24, 2.45) is 0 Å². The SMILES string of the molecule is CCCc1cccn1CCC. The van der Waals surface area contributed by atoms with Gasteiger partial charge in [0.05, 0.1) is 0 Å². The summed E-state index contributed by atoms with van der Waals surface area (Å²) < 4.78 is 2.35. The minimum Gasteiger partial charge on any atom is -0.351 e. The maximum Gasteiger partial charge on any atom is 0.0219 e. The van der Waals surface area contributed by atoms with E-state index in [9.17, 15) is 0 Å². The average molecular weight is 151 g/mol. The highest BCUT2D eigenvalue weighted by molar-refractivity contribution is 5.06. The molecule has 1 rings (SSSR count). The second-order valence-corrected chi connectivity index (χ2v) is 2.94. The lowest BCUT2D eigenvalue weighted by molar-refractivity contribution is 0.642. The van der Waals surface area contributed by atoms with Crippen LogP contribution in [0.5, 0.6) is 0 Å². The summed E-state index contributed by atoms with van der Waals surface area (Å²) in [6.07, 6.45) is 5.86. The third kappa shape index (κ3) is 2.11. The normalized spacial score (nSPS) is 10.4. The van der Waals surface area contributed by atoms with Gasteiger partial charge in [0.1, 0.15) is 0 Å². The molecule has 11 heavy (non-hydrogen) atoms. The van der Waals surface area contributed by atoms with E-state index in [-0.39, 0.29) is 0 Å². The second-order valence-electron chi connectivity index (χ2n) is 2.94. The van der Waals surface area contributed by atoms with Gasteiger partial charge in [-0.15, -0.1) is 0 Å². The Morgan fingerprint density at radius 2 is 2.09 bits per heavy atom. The zero-order chi connectivity index (χ0) is 8.10. The van der Waals surface area contributed by atoms with Gasteiger partial charge in [0.15, 0.2) is 0 Å². The van der Waals surface area contributed by atoms with Gasteiger partial charge in [-0.3, -0.25) is 0 Å². The van der Waals surface area contributed by atoms with Crippen molar-refractivity contribution in [1.29, 1.82) is 0 Å². The minimum atomic E-state index is 1.17.